The monoisotopic (exact) mass is 374 g/mol. The van der Waals surface area contributed by atoms with Crippen LogP contribution in [0.2, 0.25) is 0 Å². The molecule has 1 saturated heterocycles. The molecule has 2 rings (SSSR count). The molecular weight excluding hydrogens is 336 g/mol. The Balaban J connectivity index is 1.32. The molecule has 3 atom stereocenters. The molecule has 3 heteroatoms. The fraction of sp³-hybridized carbons (Fsp3) is 0.708. The largest absolute Gasteiger partial charge is 0.460 e. The first-order valence-corrected chi connectivity index (χ1v) is 11.1. The lowest BCUT2D eigenvalue weighted by Gasteiger charge is -2.11. The summed E-state index contributed by atoms with van der Waals surface area (Å²) in [4.78, 5) is 11.6. The minimum atomic E-state index is -0.606. The van der Waals surface area contributed by atoms with Crippen molar-refractivity contribution in [2.75, 3.05) is 0 Å². The van der Waals surface area contributed by atoms with Crippen molar-refractivity contribution in [3.8, 4) is 0 Å². The Morgan fingerprint density at radius 2 is 1.33 bits per heavy atom. The zero-order valence-corrected chi connectivity index (χ0v) is 17.1. The van der Waals surface area contributed by atoms with Crippen molar-refractivity contribution in [1.82, 2.24) is 0 Å². The number of carbonyl (C=O) groups excluding carboxylic acids is 1. The highest BCUT2D eigenvalue weighted by atomic mass is 16.6. The molecule has 1 aliphatic heterocycles. The summed E-state index contributed by atoms with van der Waals surface area (Å²) < 4.78 is 5.08. The molecule has 0 spiro atoms. The molecule has 0 amide bonds. The van der Waals surface area contributed by atoms with Crippen LogP contribution in [0.4, 0.5) is 0 Å². The summed E-state index contributed by atoms with van der Waals surface area (Å²) in [5, 5.41) is 9.92. The van der Waals surface area contributed by atoms with E-state index in [1.807, 2.05) is 0 Å². The van der Waals surface area contributed by atoms with Gasteiger partial charge in [-0.15, -0.1) is 0 Å². The van der Waals surface area contributed by atoms with Crippen LogP contribution in [0, 0.1) is 5.92 Å². The fourth-order valence-electron chi connectivity index (χ4n) is 4.02. The van der Waals surface area contributed by atoms with Crippen LogP contribution in [-0.2, 0) is 16.0 Å². The summed E-state index contributed by atoms with van der Waals surface area (Å²) in [6, 6.07) is 10.8. The van der Waals surface area contributed by atoms with Crippen LogP contribution in [0.3, 0.4) is 0 Å². The molecule has 1 heterocycles. The quantitative estimate of drug-likeness (QED) is 0.329. The van der Waals surface area contributed by atoms with Gasteiger partial charge < -0.3 is 9.84 Å². The third-order valence-electron chi connectivity index (χ3n) is 5.82. The Bertz CT molecular complexity index is 514. The van der Waals surface area contributed by atoms with Crippen molar-refractivity contribution >= 4 is 5.97 Å². The summed E-state index contributed by atoms with van der Waals surface area (Å²) in [5.74, 6) is -0.499. The normalized spacial score (nSPS) is 22.1. The van der Waals surface area contributed by atoms with Crippen molar-refractivity contribution in [2.45, 2.75) is 103 Å². The lowest BCUT2D eigenvalue weighted by atomic mass is 9.95. The first kappa shape index (κ1) is 21.9. The Hall–Kier alpha value is -1.35. The van der Waals surface area contributed by atoms with Gasteiger partial charge in [-0.1, -0.05) is 94.5 Å². The van der Waals surface area contributed by atoms with Crippen molar-refractivity contribution in [3.63, 3.8) is 0 Å². The van der Waals surface area contributed by atoms with E-state index in [0.717, 1.165) is 19.3 Å². The van der Waals surface area contributed by atoms with E-state index >= 15 is 0 Å². The summed E-state index contributed by atoms with van der Waals surface area (Å²) >= 11 is 0. The van der Waals surface area contributed by atoms with Crippen LogP contribution in [-0.4, -0.2) is 23.3 Å². The van der Waals surface area contributed by atoms with Crippen LogP contribution in [0.5, 0.6) is 0 Å². The van der Waals surface area contributed by atoms with Gasteiger partial charge in [0.2, 0.25) is 0 Å². The second kappa shape index (κ2) is 12.9. The highest BCUT2D eigenvalue weighted by Gasteiger charge is 2.40. The third-order valence-corrected chi connectivity index (χ3v) is 5.82. The number of carbonyl (C=O) groups is 1. The Morgan fingerprint density at radius 1 is 0.815 bits per heavy atom. The molecule has 0 saturated carbocycles. The number of esters is 1. The average molecular weight is 375 g/mol. The van der Waals surface area contributed by atoms with Gasteiger partial charge in [0.25, 0.3) is 0 Å². The number of aryl methyl sites for hydroxylation is 1. The second-order valence-corrected chi connectivity index (χ2v) is 8.15. The minimum Gasteiger partial charge on any atom is -0.460 e. The third kappa shape index (κ3) is 8.47. The van der Waals surface area contributed by atoms with Crippen LogP contribution in [0.15, 0.2) is 30.3 Å². The predicted molar refractivity (Wildman–Crippen MR) is 111 cm³/mol. The molecule has 0 aromatic heterocycles. The zero-order chi connectivity index (χ0) is 19.3. The molecule has 1 aliphatic rings. The molecule has 0 bridgehead atoms. The van der Waals surface area contributed by atoms with E-state index < -0.39 is 6.10 Å². The molecule has 1 fully saturated rings. The van der Waals surface area contributed by atoms with Crippen molar-refractivity contribution < 1.29 is 14.6 Å². The maximum atomic E-state index is 11.6. The maximum Gasteiger partial charge on any atom is 0.312 e. The number of unbranched alkanes of at least 4 members (excludes halogenated alkanes) is 10. The summed E-state index contributed by atoms with van der Waals surface area (Å²) in [6.45, 7) is 1.77. The van der Waals surface area contributed by atoms with E-state index in [0.29, 0.717) is 0 Å². The minimum absolute atomic E-state index is 0.209. The van der Waals surface area contributed by atoms with Crippen molar-refractivity contribution in [1.29, 1.82) is 0 Å². The standard InChI is InChI=1S/C24H38O3/c1-20-23(25)22(24(26)27-20)19-15-10-8-6-4-2-3-5-7-9-12-16-21-17-13-11-14-18-21/h11,13-14,17-18,20,22-23,25H,2-10,12,15-16,19H2,1H3. The first-order valence-electron chi connectivity index (χ1n) is 11.1. The van der Waals surface area contributed by atoms with Crippen LogP contribution < -0.4 is 0 Å². The van der Waals surface area contributed by atoms with Gasteiger partial charge in [0.1, 0.15) is 12.2 Å². The number of hydrogen-bond donors (Lipinski definition) is 1. The molecule has 0 aliphatic carbocycles. The van der Waals surface area contributed by atoms with Crippen molar-refractivity contribution in [2.24, 2.45) is 5.92 Å². The van der Waals surface area contributed by atoms with E-state index in [1.165, 1.54) is 69.8 Å². The molecule has 0 radical (unpaired) electrons. The van der Waals surface area contributed by atoms with E-state index in [4.69, 9.17) is 4.74 Å². The van der Waals surface area contributed by atoms with Gasteiger partial charge in [-0.2, -0.15) is 0 Å². The molecule has 1 aromatic rings. The number of cyclic esters (lactones) is 1. The number of ether oxygens (including phenoxy) is 1. The fourth-order valence-corrected chi connectivity index (χ4v) is 4.02. The molecule has 3 unspecified atom stereocenters. The van der Waals surface area contributed by atoms with Gasteiger partial charge in [0, 0.05) is 0 Å². The SMILES string of the molecule is CC1OC(=O)C(CCCCCCCCCCCCCc2ccccc2)C1O. The molecule has 1 aromatic carbocycles. The van der Waals surface area contributed by atoms with E-state index in [2.05, 4.69) is 30.3 Å². The summed E-state index contributed by atoms with van der Waals surface area (Å²) in [6.07, 6.45) is 15.2. The highest BCUT2D eigenvalue weighted by Crippen LogP contribution is 2.26. The molecule has 27 heavy (non-hydrogen) atoms. The second-order valence-electron chi connectivity index (χ2n) is 8.15. The van der Waals surface area contributed by atoms with Crippen molar-refractivity contribution in [3.05, 3.63) is 35.9 Å². The van der Waals surface area contributed by atoms with Crippen LogP contribution >= 0.6 is 0 Å². The smallest absolute Gasteiger partial charge is 0.312 e. The number of hydrogen-bond acceptors (Lipinski definition) is 3. The molecule has 152 valence electrons. The van der Waals surface area contributed by atoms with Crippen LogP contribution in [0.25, 0.3) is 0 Å². The van der Waals surface area contributed by atoms with Gasteiger partial charge >= 0.3 is 5.97 Å². The Morgan fingerprint density at radius 3 is 1.85 bits per heavy atom. The molecule has 1 N–H and O–H groups in total. The number of rotatable bonds is 14. The van der Waals surface area contributed by atoms with Gasteiger partial charge in [0.15, 0.2) is 0 Å². The van der Waals surface area contributed by atoms with E-state index in [-0.39, 0.29) is 18.0 Å². The average Bonchev–Trinajstić information content (AvgIpc) is 2.92. The zero-order valence-electron chi connectivity index (χ0n) is 17.1. The van der Waals surface area contributed by atoms with Gasteiger partial charge in [-0.25, -0.2) is 0 Å². The first-order chi connectivity index (χ1) is 13.2. The molecule has 3 nitrogen and oxygen atoms in total. The summed E-state index contributed by atoms with van der Waals surface area (Å²) in [7, 11) is 0. The number of benzene rings is 1. The van der Waals surface area contributed by atoms with Gasteiger partial charge in [0.05, 0.1) is 5.92 Å². The number of aliphatic hydroxyl groups excluding tert-OH is 1. The predicted octanol–water partition coefficient (Wildman–Crippen LogP) is 5.83. The topological polar surface area (TPSA) is 46.5 Å². The number of aliphatic hydroxyl groups is 1. The van der Waals surface area contributed by atoms with Crippen LogP contribution in [0.1, 0.15) is 89.5 Å². The lowest BCUT2D eigenvalue weighted by Crippen LogP contribution is -2.24. The van der Waals surface area contributed by atoms with Gasteiger partial charge in [-0.05, 0) is 31.7 Å². The Kier molecular flexibility index (Phi) is 10.5. The van der Waals surface area contributed by atoms with E-state index in [9.17, 15) is 9.90 Å². The highest BCUT2D eigenvalue weighted by molar-refractivity contribution is 5.75. The van der Waals surface area contributed by atoms with E-state index in [1.54, 1.807) is 6.92 Å². The summed E-state index contributed by atoms with van der Waals surface area (Å²) in [5.41, 5.74) is 1.46. The van der Waals surface area contributed by atoms with Gasteiger partial charge in [-0.3, -0.25) is 4.79 Å². The molecular formula is C24H38O3. The lowest BCUT2D eigenvalue weighted by molar-refractivity contribution is -0.143. The Labute approximate surface area is 165 Å². The maximum absolute atomic E-state index is 11.6.